The van der Waals surface area contributed by atoms with E-state index < -0.39 is 0 Å². The van der Waals surface area contributed by atoms with Gasteiger partial charge >= 0.3 is 0 Å². The van der Waals surface area contributed by atoms with E-state index in [-0.39, 0.29) is 5.41 Å². The van der Waals surface area contributed by atoms with E-state index in [0.717, 1.165) is 11.4 Å². The lowest BCUT2D eigenvalue weighted by molar-refractivity contribution is 0.660. The van der Waals surface area contributed by atoms with Crippen molar-refractivity contribution < 1.29 is 0 Å². The summed E-state index contributed by atoms with van der Waals surface area (Å²) in [6.07, 6.45) is 0. The summed E-state index contributed by atoms with van der Waals surface area (Å²) in [6, 6.07) is 67.5. The third-order valence-electron chi connectivity index (χ3n) is 12.3. The summed E-state index contributed by atoms with van der Waals surface area (Å²) in [7, 11) is 0. The molecule has 1 aliphatic rings. The van der Waals surface area contributed by atoms with Crippen molar-refractivity contribution in [1.82, 2.24) is 4.57 Å². The van der Waals surface area contributed by atoms with Crippen LogP contribution in [-0.2, 0) is 5.41 Å². The minimum atomic E-state index is -0.0762. The lowest BCUT2D eigenvalue weighted by Crippen LogP contribution is -2.16. The first kappa shape index (κ1) is 31.6. The number of rotatable bonds is 4. The van der Waals surface area contributed by atoms with E-state index in [1.807, 2.05) is 11.3 Å². The second-order valence-corrected chi connectivity index (χ2v) is 16.8. The Bertz CT molecular complexity index is 3400. The molecule has 2 heterocycles. The Kier molecular flexibility index (Phi) is 6.59. The zero-order valence-corrected chi connectivity index (χ0v) is 31.9. The lowest BCUT2D eigenvalue weighted by Gasteiger charge is -2.28. The molecule has 2 nitrogen and oxygen atoms in total. The molecule has 9 aromatic carbocycles. The highest BCUT2D eigenvalue weighted by atomic mass is 32.1. The smallest absolute Gasteiger partial charge is 0.0625 e. The predicted molar refractivity (Wildman–Crippen MR) is 241 cm³/mol. The number of aromatic nitrogens is 1. The Labute approximate surface area is 329 Å². The molecular formula is C53H36N2S. The molecule has 3 heteroatoms. The molecule has 11 aromatic rings. The molecule has 0 saturated heterocycles. The monoisotopic (exact) mass is 732 g/mol. The van der Waals surface area contributed by atoms with Gasteiger partial charge < -0.3 is 9.47 Å². The van der Waals surface area contributed by atoms with Crippen LogP contribution in [-0.4, -0.2) is 4.57 Å². The van der Waals surface area contributed by atoms with Gasteiger partial charge in [-0.1, -0.05) is 141 Å². The zero-order valence-electron chi connectivity index (χ0n) is 31.1. The molecule has 1 aliphatic carbocycles. The van der Waals surface area contributed by atoms with Gasteiger partial charge in [0, 0.05) is 64.5 Å². The number of benzene rings is 9. The van der Waals surface area contributed by atoms with Crippen LogP contribution in [0.25, 0.3) is 80.3 Å². The maximum absolute atomic E-state index is 2.50. The summed E-state index contributed by atoms with van der Waals surface area (Å²) in [4.78, 5) is 2.42. The molecule has 0 radical (unpaired) electrons. The molecule has 0 aliphatic heterocycles. The van der Waals surface area contributed by atoms with E-state index in [1.54, 1.807) is 0 Å². The third kappa shape index (κ3) is 4.38. The van der Waals surface area contributed by atoms with Crippen LogP contribution in [0.3, 0.4) is 0 Å². The van der Waals surface area contributed by atoms with Crippen molar-refractivity contribution in [2.75, 3.05) is 4.90 Å². The van der Waals surface area contributed by atoms with Gasteiger partial charge in [0.25, 0.3) is 0 Å². The molecule has 0 fully saturated rings. The molecule has 12 rings (SSSR count). The molecule has 56 heavy (non-hydrogen) atoms. The molecule has 0 bridgehead atoms. The van der Waals surface area contributed by atoms with Gasteiger partial charge in [0.1, 0.15) is 0 Å². The molecule has 0 saturated carbocycles. The summed E-state index contributed by atoms with van der Waals surface area (Å²) in [6.45, 7) is 4.71. The highest BCUT2D eigenvalue weighted by Gasteiger charge is 2.35. The molecule has 264 valence electrons. The van der Waals surface area contributed by atoms with E-state index in [0.29, 0.717) is 0 Å². The van der Waals surface area contributed by atoms with Crippen molar-refractivity contribution >= 4 is 91.9 Å². The number of para-hydroxylation sites is 2. The molecule has 2 aromatic heterocycles. The number of hydrogen-bond donors (Lipinski definition) is 0. The molecular weight excluding hydrogens is 697 g/mol. The Morgan fingerprint density at radius 2 is 1.02 bits per heavy atom. The van der Waals surface area contributed by atoms with Crippen molar-refractivity contribution in [3.05, 3.63) is 193 Å². The minimum absolute atomic E-state index is 0.0762. The van der Waals surface area contributed by atoms with E-state index >= 15 is 0 Å². The van der Waals surface area contributed by atoms with Crippen molar-refractivity contribution in [3.8, 4) is 16.8 Å². The van der Waals surface area contributed by atoms with Gasteiger partial charge in [-0.25, -0.2) is 0 Å². The van der Waals surface area contributed by atoms with Gasteiger partial charge in [-0.15, -0.1) is 11.3 Å². The quantitative estimate of drug-likeness (QED) is 0.164. The first-order valence-electron chi connectivity index (χ1n) is 19.4. The summed E-state index contributed by atoms with van der Waals surface area (Å²) < 4.78 is 5.07. The summed E-state index contributed by atoms with van der Waals surface area (Å²) in [5, 5.41) is 10.3. The molecule has 0 atom stereocenters. The van der Waals surface area contributed by atoms with Crippen LogP contribution >= 0.6 is 11.3 Å². The fraction of sp³-hybridized carbons (Fsp3) is 0.0566. The highest BCUT2D eigenvalue weighted by Crippen LogP contribution is 2.51. The average Bonchev–Trinajstić information content (AvgIpc) is 3.87. The molecule has 0 N–H and O–H groups in total. The first-order valence-corrected chi connectivity index (χ1v) is 20.3. The SMILES string of the molecule is CC1(C)c2ccccc2-c2ccc(N(c3ccccc3)c3ccc4c(c3)sc3cc(-n5c6ccccc6c6c7ccccc7c7ccccc7c65)ccc34)cc21. The van der Waals surface area contributed by atoms with Crippen molar-refractivity contribution in [2.24, 2.45) is 0 Å². The van der Waals surface area contributed by atoms with Crippen LogP contribution in [0.15, 0.2) is 182 Å². The number of anilines is 3. The second-order valence-electron chi connectivity index (χ2n) is 15.7. The Morgan fingerprint density at radius 1 is 0.429 bits per heavy atom. The maximum Gasteiger partial charge on any atom is 0.0625 e. The van der Waals surface area contributed by atoms with Gasteiger partial charge in [-0.2, -0.15) is 0 Å². The van der Waals surface area contributed by atoms with Crippen molar-refractivity contribution in [2.45, 2.75) is 19.3 Å². The van der Waals surface area contributed by atoms with E-state index in [9.17, 15) is 0 Å². The van der Waals surface area contributed by atoms with E-state index in [1.165, 1.54) is 97.2 Å². The number of hydrogen-bond acceptors (Lipinski definition) is 2. The van der Waals surface area contributed by atoms with Crippen LogP contribution in [0.5, 0.6) is 0 Å². The fourth-order valence-corrected chi connectivity index (χ4v) is 11.0. The maximum atomic E-state index is 2.50. The molecule has 0 spiro atoms. The van der Waals surface area contributed by atoms with E-state index in [4.69, 9.17) is 0 Å². The van der Waals surface area contributed by atoms with Crippen LogP contribution in [0.2, 0.25) is 0 Å². The lowest BCUT2D eigenvalue weighted by atomic mass is 9.82. The van der Waals surface area contributed by atoms with Crippen LogP contribution in [0.4, 0.5) is 17.1 Å². The largest absolute Gasteiger partial charge is 0.310 e. The van der Waals surface area contributed by atoms with Crippen molar-refractivity contribution in [1.29, 1.82) is 0 Å². The van der Waals surface area contributed by atoms with Crippen LogP contribution in [0, 0.1) is 0 Å². The van der Waals surface area contributed by atoms with Gasteiger partial charge in [-0.05, 0) is 93.0 Å². The summed E-state index contributed by atoms with van der Waals surface area (Å²) in [5.74, 6) is 0. The summed E-state index contributed by atoms with van der Waals surface area (Å²) in [5.41, 5.74) is 12.5. The molecule has 0 amide bonds. The topological polar surface area (TPSA) is 8.17 Å². The zero-order chi connectivity index (χ0) is 37.1. The van der Waals surface area contributed by atoms with Crippen molar-refractivity contribution in [3.63, 3.8) is 0 Å². The van der Waals surface area contributed by atoms with Crippen LogP contribution in [0.1, 0.15) is 25.0 Å². The molecule has 0 unspecified atom stereocenters. The number of fused-ring (bicyclic) bond motifs is 14. The van der Waals surface area contributed by atoms with Gasteiger partial charge in [0.15, 0.2) is 0 Å². The van der Waals surface area contributed by atoms with Crippen LogP contribution < -0.4 is 4.90 Å². The Balaban J connectivity index is 1.04. The summed E-state index contributed by atoms with van der Waals surface area (Å²) >= 11 is 1.88. The average molecular weight is 733 g/mol. The van der Waals surface area contributed by atoms with Gasteiger partial charge in [-0.3, -0.25) is 0 Å². The fourth-order valence-electron chi connectivity index (χ4n) is 9.78. The number of thiophene rings is 1. The van der Waals surface area contributed by atoms with E-state index in [2.05, 4.69) is 205 Å². The normalized spacial score (nSPS) is 13.3. The Morgan fingerprint density at radius 3 is 1.84 bits per heavy atom. The Hall–Kier alpha value is -6.68. The number of nitrogens with zero attached hydrogens (tertiary/aromatic N) is 2. The second kappa shape index (κ2) is 11.7. The standard InChI is InChI=1S/C53H36N2S/c1-53(2)46-22-12-10-18-39(46)40-27-24-34(30-47(40)53)54(33-14-4-3-5-15-33)35-25-28-41-42-29-26-36(32-50(42)56-49(41)31-35)55-48-23-13-11-21-45(48)51-43-19-8-6-16-37(43)38-17-7-9-20-44(38)52(51)55/h3-32H,1-2H3. The van der Waals surface area contributed by atoms with Gasteiger partial charge in [0.05, 0.1) is 11.0 Å². The highest BCUT2D eigenvalue weighted by molar-refractivity contribution is 7.25. The predicted octanol–water partition coefficient (Wildman–Crippen LogP) is 15.2. The third-order valence-corrected chi connectivity index (χ3v) is 13.5. The minimum Gasteiger partial charge on any atom is -0.310 e. The van der Waals surface area contributed by atoms with Gasteiger partial charge in [0.2, 0.25) is 0 Å². The first-order chi connectivity index (χ1) is 27.5.